The summed E-state index contributed by atoms with van der Waals surface area (Å²) >= 11 is 0. The molecule has 6 aromatic rings. The Morgan fingerprint density at radius 3 is 1.09 bits per heavy atom. The molecule has 0 radical (unpaired) electrons. The lowest BCUT2D eigenvalue weighted by molar-refractivity contribution is -0.698. The van der Waals surface area contributed by atoms with Gasteiger partial charge >= 0.3 is 0 Å². The zero-order valence-corrected chi connectivity index (χ0v) is 33.4. The van der Waals surface area contributed by atoms with E-state index in [4.69, 9.17) is 28.4 Å². The van der Waals surface area contributed by atoms with Crippen molar-refractivity contribution in [2.75, 3.05) is 66.1 Å². The summed E-state index contributed by atoms with van der Waals surface area (Å²) in [4.78, 5) is 8.15. The van der Waals surface area contributed by atoms with Crippen molar-refractivity contribution in [3.8, 4) is 33.8 Å². The summed E-state index contributed by atoms with van der Waals surface area (Å²) < 4.78 is 38.9. The Balaban J connectivity index is 0.00000325. The smallest absolute Gasteiger partial charge is 0.171 e. The van der Waals surface area contributed by atoms with Crippen LogP contribution in [0.25, 0.3) is 33.0 Å². The topological polar surface area (TPSA) is 88.9 Å². The maximum Gasteiger partial charge on any atom is 0.171 e. The van der Waals surface area contributed by atoms with E-state index in [1.165, 1.54) is 11.1 Å². The monoisotopic (exact) mass is 860 g/mol. The molecule has 284 valence electrons. The van der Waals surface area contributed by atoms with Crippen LogP contribution in [0.1, 0.15) is 0 Å². The number of hydrogen-bond donors (Lipinski definition) is 0. The maximum atomic E-state index is 5.91. The summed E-state index contributed by atoms with van der Waals surface area (Å²) in [5, 5.41) is 2.17. The van der Waals surface area contributed by atoms with Gasteiger partial charge in [0, 0.05) is 49.1 Å². The molecule has 0 fully saturated rings. The predicted octanol–water partition coefficient (Wildman–Crippen LogP) is -0.229. The van der Waals surface area contributed by atoms with E-state index in [0.717, 1.165) is 46.5 Å². The van der Waals surface area contributed by atoms with Gasteiger partial charge in [0.05, 0.1) is 39.6 Å². The van der Waals surface area contributed by atoms with Gasteiger partial charge in [-0.25, -0.2) is 9.13 Å². The van der Waals surface area contributed by atoms with Crippen molar-refractivity contribution in [3.05, 3.63) is 135 Å². The van der Waals surface area contributed by atoms with Crippen LogP contribution in [0.4, 0.5) is 0 Å². The molecule has 0 spiro atoms. The maximum absolute atomic E-state index is 5.91. The summed E-state index contributed by atoms with van der Waals surface area (Å²) in [5.74, 6) is 1.61. The zero-order chi connectivity index (χ0) is 35.5. The van der Waals surface area contributed by atoms with Crippen molar-refractivity contribution in [2.45, 2.75) is 13.1 Å². The summed E-state index contributed by atoms with van der Waals surface area (Å²) in [5.41, 5.74) is 4.65. The minimum absolute atomic E-state index is 0. The van der Waals surface area contributed by atoms with Crippen molar-refractivity contribution < 1.29 is 71.5 Å². The summed E-state index contributed by atoms with van der Waals surface area (Å²) in [7, 11) is 0. The molecule has 10 nitrogen and oxygen atoms in total. The molecular weight excluding hydrogens is 816 g/mol. The average molecular weight is 863 g/mol. The van der Waals surface area contributed by atoms with E-state index in [-0.39, 0.29) is 34.0 Å². The van der Waals surface area contributed by atoms with Crippen LogP contribution in [0.2, 0.25) is 0 Å². The zero-order valence-electron chi connectivity index (χ0n) is 30.2. The third-order valence-corrected chi connectivity index (χ3v) is 8.32. The number of rotatable bonds is 22. The van der Waals surface area contributed by atoms with E-state index in [9.17, 15) is 0 Å². The van der Waals surface area contributed by atoms with E-state index in [1.807, 2.05) is 60.7 Å². The van der Waals surface area contributed by atoms with Gasteiger partial charge in [-0.05, 0) is 81.6 Å². The fourth-order valence-electron chi connectivity index (χ4n) is 5.49. The number of aromatic nitrogens is 4. The van der Waals surface area contributed by atoms with Gasteiger partial charge in [-0.1, -0.05) is 12.1 Å². The lowest BCUT2D eigenvalue weighted by atomic mass is 10.1. The molecular formula is C42H46Br2N4O6. The van der Waals surface area contributed by atoms with Gasteiger partial charge in [-0.2, -0.15) is 0 Å². The molecule has 0 aliphatic carbocycles. The van der Waals surface area contributed by atoms with Crippen LogP contribution in [-0.2, 0) is 32.0 Å². The summed E-state index contributed by atoms with van der Waals surface area (Å²) in [6, 6.07) is 28.5. The Labute approximate surface area is 338 Å². The van der Waals surface area contributed by atoms with Gasteiger partial charge in [0.25, 0.3) is 0 Å². The second-order valence-electron chi connectivity index (χ2n) is 11.9. The molecule has 12 heteroatoms. The van der Waals surface area contributed by atoms with Crippen molar-refractivity contribution in [1.82, 2.24) is 9.97 Å². The molecule has 2 aromatic carbocycles. The molecule has 0 atom stereocenters. The number of hydrogen-bond acceptors (Lipinski definition) is 8. The molecule has 54 heavy (non-hydrogen) atoms. The Kier molecular flexibility index (Phi) is 19.0. The summed E-state index contributed by atoms with van der Waals surface area (Å²) in [6.45, 7) is 6.88. The van der Waals surface area contributed by atoms with Gasteiger partial charge in [0.2, 0.25) is 0 Å². The predicted molar refractivity (Wildman–Crippen MR) is 198 cm³/mol. The number of fused-ring (bicyclic) bond motifs is 1. The highest BCUT2D eigenvalue weighted by Gasteiger charge is 2.06. The highest BCUT2D eigenvalue weighted by atomic mass is 79.9. The second-order valence-corrected chi connectivity index (χ2v) is 11.9. The molecule has 0 saturated heterocycles. The third-order valence-electron chi connectivity index (χ3n) is 8.32. The molecule has 0 aliphatic rings. The normalized spacial score (nSPS) is 10.7. The first-order chi connectivity index (χ1) is 25.8. The molecule has 0 aliphatic heterocycles. The highest BCUT2D eigenvalue weighted by Crippen LogP contribution is 2.25. The van der Waals surface area contributed by atoms with Crippen LogP contribution in [0.15, 0.2) is 135 Å². The Hall–Kier alpha value is -4.30. The third kappa shape index (κ3) is 14.2. The molecule has 0 bridgehead atoms. The van der Waals surface area contributed by atoms with Gasteiger partial charge in [0.1, 0.15) is 37.9 Å². The van der Waals surface area contributed by atoms with Gasteiger partial charge in [0.15, 0.2) is 37.9 Å². The average Bonchev–Trinajstić information content (AvgIpc) is 3.20. The number of pyridine rings is 4. The second kappa shape index (κ2) is 24.2. The number of benzene rings is 2. The quantitative estimate of drug-likeness (QED) is 0.0685. The largest absolute Gasteiger partial charge is 1.00 e. The van der Waals surface area contributed by atoms with E-state index in [2.05, 4.69) is 68.2 Å². The van der Waals surface area contributed by atoms with E-state index in [0.29, 0.717) is 66.1 Å². The SMILES string of the molecule is [Br-].[Br-].c1cc(-c2cc[n+](CCOCCOCCOc3ccc4cc(OCCOCCOCC[n+]5ccc(-c6ccncc6)cc5)ccc4c3)cc2)ccn1. The van der Waals surface area contributed by atoms with Crippen LogP contribution in [0.5, 0.6) is 11.5 Å². The van der Waals surface area contributed by atoms with E-state index in [1.54, 1.807) is 24.8 Å². The molecule has 0 amide bonds. The lowest BCUT2D eigenvalue weighted by Crippen LogP contribution is -3.00. The van der Waals surface area contributed by atoms with Gasteiger partial charge in [-0.3, -0.25) is 9.97 Å². The van der Waals surface area contributed by atoms with Crippen LogP contribution < -0.4 is 52.6 Å². The highest BCUT2D eigenvalue weighted by molar-refractivity contribution is 5.85. The van der Waals surface area contributed by atoms with Crippen LogP contribution in [0.3, 0.4) is 0 Å². The van der Waals surface area contributed by atoms with Gasteiger partial charge < -0.3 is 62.4 Å². The van der Waals surface area contributed by atoms with Crippen molar-refractivity contribution >= 4 is 10.8 Å². The fourth-order valence-corrected chi connectivity index (χ4v) is 5.49. The van der Waals surface area contributed by atoms with Crippen LogP contribution in [-0.4, -0.2) is 76.0 Å². The Morgan fingerprint density at radius 2 is 0.704 bits per heavy atom. The fraction of sp³-hybridized carbons (Fsp3) is 0.286. The van der Waals surface area contributed by atoms with E-state index >= 15 is 0 Å². The standard InChI is InChI=1S/C42H46N4O6.2BrH/c1-3-41(51-31-29-49-27-25-47-23-21-45-17-9-37(10-18-45)35-5-13-43-14-6-35)34-40-2-4-42(33-39(1)40)52-32-30-50-28-26-48-24-22-46-19-11-38(12-20-46)36-7-15-44-16-8-36;;/h1-20,33-34H,21-32H2;2*1H/q+2;;/p-2. The van der Waals surface area contributed by atoms with Crippen LogP contribution >= 0.6 is 0 Å². The van der Waals surface area contributed by atoms with Crippen molar-refractivity contribution in [1.29, 1.82) is 0 Å². The molecule has 0 saturated carbocycles. The van der Waals surface area contributed by atoms with Gasteiger partial charge in [-0.15, -0.1) is 0 Å². The first-order valence-corrected chi connectivity index (χ1v) is 17.7. The molecule has 4 aromatic heterocycles. The molecule has 6 rings (SSSR count). The van der Waals surface area contributed by atoms with Crippen molar-refractivity contribution in [2.24, 2.45) is 0 Å². The van der Waals surface area contributed by atoms with Crippen LogP contribution in [0, 0.1) is 0 Å². The number of ether oxygens (including phenoxy) is 6. The Bertz CT molecular complexity index is 1770. The lowest BCUT2D eigenvalue weighted by Gasteiger charge is -2.10. The first-order valence-electron chi connectivity index (χ1n) is 17.7. The summed E-state index contributed by atoms with van der Waals surface area (Å²) in [6.07, 6.45) is 15.5. The molecule has 4 heterocycles. The first kappa shape index (κ1) is 42.4. The minimum atomic E-state index is 0. The number of nitrogens with zero attached hydrogens (tertiary/aromatic N) is 4. The van der Waals surface area contributed by atoms with E-state index < -0.39 is 0 Å². The Morgan fingerprint density at radius 1 is 0.370 bits per heavy atom. The van der Waals surface area contributed by atoms with Crippen molar-refractivity contribution in [3.63, 3.8) is 0 Å². The molecule has 0 unspecified atom stereocenters. The molecule has 0 N–H and O–H groups in total. The minimum Gasteiger partial charge on any atom is -1.00 e. The number of halogens is 2.